The van der Waals surface area contributed by atoms with Gasteiger partial charge in [-0.25, -0.2) is 8.78 Å². The Hall–Kier alpha value is -0.670. The molecule has 18 heavy (non-hydrogen) atoms. The Bertz CT molecular complexity index is 414. The van der Waals surface area contributed by atoms with Gasteiger partial charge >= 0.3 is 0 Å². The largest absolute Gasteiger partial charge is 0.316 e. The lowest BCUT2D eigenvalue weighted by Crippen LogP contribution is -2.42. The van der Waals surface area contributed by atoms with Gasteiger partial charge in [-0.1, -0.05) is 17.7 Å². The molecule has 1 fully saturated rings. The van der Waals surface area contributed by atoms with Gasteiger partial charge in [-0.3, -0.25) is 0 Å². The van der Waals surface area contributed by atoms with Crippen molar-refractivity contribution in [1.82, 2.24) is 5.32 Å². The zero-order valence-electron chi connectivity index (χ0n) is 10.5. The van der Waals surface area contributed by atoms with Gasteiger partial charge in [-0.2, -0.15) is 0 Å². The average molecular weight is 274 g/mol. The predicted molar refractivity (Wildman–Crippen MR) is 70.2 cm³/mol. The van der Waals surface area contributed by atoms with E-state index in [1.807, 2.05) is 0 Å². The summed E-state index contributed by atoms with van der Waals surface area (Å²) in [4.78, 5) is 0. The molecule has 1 N–H and O–H groups in total. The predicted octanol–water partition coefficient (Wildman–Crippen LogP) is 3.75. The van der Waals surface area contributed by atoms with Crippen LogP contribution in [0.25, 0.3) is 0 Å². The van der Waals surface area contributed by atoms with Gasteiger partial charge in [0.15, 0.2) is 0 Å². The highest BCUT2D eigenvalue weighted by Gasteiger charge is 2.35. The van der Waals surface area contributed by atoms with Crippen molar-refractivity contribution in [3.8, 4) is 0 Å². The third-order valence-corrected chi connectivity index (χ3v) is 3.93. The molecular formula is C14H18ClF2N. The summed E-state index contributed by atoms with van der Waals surface area (Å²) in [5, 5.41) is 3.54. The molecule has 0 spiro atoms. The third-order valence-electron chi connectivity index (χ3n) is 3.70. The molecule has 2 unspecified atom stereocenters. The number of piperidine rings is 1. The minimum absolute atomic E-state index is 0.0543. The lowest BCUT2D eigenvalue weighted by atomic mass is 9.81. The van der Waals surface area contributed by atoms with Crippen molar-refractivity contribution >= 4 is 11.6 Å². The number of hydrogen-bond donors (Lipinski definition) is 1. The van der Waals surface area contributed by atoms with Crippen LogP contribution in [0, 0.1) is 11.7 Å². The van der Waals surface area contributed by atoms with Gasteiger partial charge in [0, 0.05) is 23.9 Å². The van der Waals surface area contributed by atoms with Crippen LogP contribution in [0.5, 0.6) is 0 Å². The number of nitrogens with one attached hydrogen (secondary N) is 1. The SMILES string of the molecule is CC(F)(Cc1ccc(Cl)cc1F)C1CCCNC1. The molecular weight excluding hydrogens is 256 g/mol. The van der Waals surface area contributed by atoms with Gasteiger partial charge in [0.25, 0.3) is 0 Å². The smallest absolute Gasteiger partial charge is 0.127 e. The Balaban J connectivity index is 2.10. The Morgan fingerprint density at radius 3 is 2.89 bits per heavy atom. The second kappa shape index (κ2) is 5.54. The Kier molecular flexibility index (Phi) is 4.23. The standard InChI is InChI=1S/C14H18ClF2N/c1-14(17,11-3-2-6-18-9-11)8-10-4-5-12(15)7-13(10)16/h4-5,7,11,18H,2-3,6,8-9H2,1H3. The van der Waals surface area contributed by atoms with Crippen LogP contribution in [-0.4, -0.2) is 18.8 Å². The first-order valence-corrected chi connectivity index (χ1v) is 6.70. The molecule has 1 aromatic carbocycles. The number of hydrogen-bond acceptors (Lipinski definition) is 1. The normalized spacial score (nSPS) is 23.7. The molecule has 1 nitrogen and oxygen atoms in total. The van der Waals surface area contributed by atoms with Crippen LogP contribution in [-0.2, 0) is 6.42 Å². The van der Waals surface area contributed by atoms with Crippen LogP contribution in [0.1, 0.15) is 25.3 Å². The first-order valence-electron chi connectivity index (χ1n) is 6.32. The van der Waals surface area contributed by atoms with E-state index in [9.17, 15) is 8.78 Å². The van der Waals surface area contributed by atoms with Gasteiger partial charge in [0.05, 0.1) is 0 Å². The fraction of sp³-hybridized carbons (Fsp3) is 0.571. The van der Waals surface area contributed by atoms with Gasteiger partial charge in [-0.15, -0.1) is 0 Å². The molecule has 4 heteroatoms. The van der Waals surface area contributed by atoms with Crippen molar-refractivity contribution in [2.24, 2.45) is 5.92 Å². The van der Waals surface area contributed by atoms with Crippen LogP contribution < -0.4 is 5.32 Å². The quantitative estimate of drug-likeness (QED) is 0.884. The fourth-order valence-corrected chi connectivity index (χ4v) is 2.71. The number of rotatable bonds is 3. The van der Waals surface area contributed by atoms with E-state index in [1.54, 1.807) is 19.1 Å². The first-order chi connectivity index (χ1) is 8.49. The van der Waals surface area contributed by atoms with Crippen molar-refractivity contribution in [2.75, 3.05) is 13.1 Å². The molecule has 0 bridgehead atoms. The minimum atomic E-state index is -1.39. The van der Waals surface area contributed by atoms with Crippen molar-refractivity contribution in [2.45, 2.75) is 31.9 Å². The molecule has 0 aromatic heterocycles. The molecule has 0 radical (unpaired) electrons. The summed E-state index contributed by atoms with van der Waals surface area (Å²) in [7, 11) is 0. The summed E-state index contributed by atoms with van der Waals surface area (Å²) in [6.45, 7) is 3.18. The number of halogens is 3. The summed E-state index contributed by atoms with van der Waals surface area (Å²) in [6.07, 6.45) is 1.94. The molecule has 0 aliphatic carbocycles. The van der Waals surface area contributed by atoms with E-state index in [0.29, 0.717) is 17.1 Å². The molecule has 1 aliphatic rings. The van der Waals surface area contributed by atoms with Crippen molar-refractivity contribution < 1.29 is 8.78 Å². The molecule has 1 aliphatic heterocycles. The minimum Gasteiger partial charge on any atom is -0.316 e. The lowest BCUT2D eigenvalue weighted by molar-refractivity contribution is 0.0824. The number of alkyl halides is 1. The summed E-state index contributed by atoms with van der Waals surface area (Å²) in [6, 6.07) is 4.42. The fourth-order valence-electron chi connectivity index (χ4n) is 2.55. The summed E-state index contributed by atoms with van der Waals surface area (Å²) in [5.41, 5.74) is -0.989. The van der Waals surface area contributed by atoms with E-state index in [2.05, 4.69) is 5.32 Å². The molecule has 1 saturated heterocycles. The molecule has 1 aromatic rings. The maximum absolute atomic E-state index is 14.7. The van der Waals surface area contributed by atoms with Crippen molar-refractivity contribution in [3.63, 3.8) is 0 Å². The van der Waals surface area contributed by atoms with E-state index < -0.39 is 11.5 Å². The summed E-state index contributed by atoms with van der Waals surface area (Å²) >= 11 is 5.69. The Morgan fingerprint density at radius 1 is 1.50 bits per heavy atom. The first kappa shape index (κ1) is 13.8. The topological polar surface area (TPSA) is 12.0 Å². The molecule has 1 heterocycles. The second-order valence-corrected chi connectivity index (χ2v) is 5.67. The maximum Gasteiger partial charge on any atom is 0.127 e. The van der Waals surface area contributed by atoms with E-state index in [0.717, 1.165) is 19.4 Å². The summed E-state index contributed by atoms with van der Waals surface area (Å²) in [5.74, 6) is -0.475. The van der Waals surface area contributed by atoms with Gasteiger partial charge < -0.3 is 5.32 Å². The van der Waals surface area contributed by atoms with E-state index >= 15 is 0 Å². The van der Waals surface area contributed by atoms with E-state index in [4.69, 9.17) is 11.6 Å². The monoisotopic (exact) mass is 273 g/mol. The van der Waals surface area contributed by atoms with Crippen LogP contribution in [0.4, 0.5) is 8.78 Å². The van der Waals surface area contributed by atoms with Crippen LogP contribution in [0.15, 0.2) is 18.2 Å². The Morgan fingerprint density at radius 2 is 2.28 bits per heavy atom. The molecule has 100 valence electrons. The maximum atomic E-state index is 14.7. The third kappa shape index (κ3) is 3.21. The zero-order chi connectivity index (χ0) is 13.2. The van der Waals surface area contributed by atoms with Crippen molar-refractivity contribution in [1.29, 1.82) is 0 Å². The van der Waals surface area contributed by atoms with Gasteiger partial charge in [0.1, 0.15) is 11.5 Å². The Labute approximate surface area is 112 Å². The molecule has 2 rings (SSSR count). The highest BCUT2D eigenvalue weighted by atomic mass is 35.5. The molecule has 2 atom stereocenters. The van der Waals surface area contributed by atoms with Gasteiger partial charge in [0.2, 0.25) is 0 Å². The second-order valence-electron chi connectivity index (χ2n) is 5.23. The molecule has 0 amide bonds. The van der Waals surface area contributed by atoms with Crippen molar-refractivity contribution in [3.05, 3.63) is 34.6 Å². The van der Waals surface area contributed by atoms with Crippen LogP contribution >= 0.6 is 11.6 Å². The zero-order valence-corrected chi connectivity index (χ0v) is 11.2. The van der Waals surface area contributed by atoms with E-state index in [1.165, 1.54) is 6.07 Å². The lowest BCUT2D eigenvalue weighted by Gasteiger charge is -2.34. The van der Waals surface area contributed by atoms with E-state index in [-0.39, 0.29) is 12.3 Å². The highest BCUT2D eigenvalue weighted by Crippen LogP contribution is 2.32. The van der Waals surface area contributed by atoms with Crippen LogP contribution in [0.3, 0.4) is 0 Å². The highest BCUT2D eigenvalue weighted by molar-refractivity contribution is 6.30. The average Bonchev–Trinajstić information content (AvgIpc) is 2.34. The summed E-state index contributed by atoms with van der Waals surface area (Å²) < 4.78 is 28.4. The molecule has 0 saturated carbocycles. The van der Waals surface area contributed by atoms with Gasteiger partial charge in [-0.05, 0) is 44.0 Å². The van der Waals surface area contributed by atoms with Crippen LogP contribution in [0.2, 0.25) is 5.02 Å². The number of benzene rings is 1.